The Balaban J connectivity index is 1.91. The zero-order valence-electron chi connectivity index (χ0n) is 9.05. The number of hydrogen-bond donors (Lipinski definition) is 0. The molecule has 1 aliphatic heterocycles. The van der Waals surface area contributed by atoms with Crippen molar-refractivity contribution in [2.24, 2.45) is 5.41 Å². The van der Waals surface area contributed by atoms with Crippen LogP contribution in [0.3, 0.4) is 0 Å². The van der Waals surface area contributed by atoms with Crippen LogP contribution in [-0.2, 0) is 0 Å². The largest absolute Gasteiger partial charge is 0.300 e. The van der Waals surface area contributed by atoms with Gasteiger partial charge < -0.3 is 4.90 Å². The highest BCUT2D eigenvalue weighted by atomic mass is 15.2. The highest BCUT2D eigenvalue weighted by molar-refractivity contribution is 4.95. The van der Waals surface area contributed by atoms with E-state index in [9.17, 15) is 0 Å². The quantitative estimate of drug-likeness (QED) is 0.600. The SMILES string of the molecule is CC1(C)[CH]CCC(N2CCCC2)C1. The fourth-order valence-corrected chi connectivity index (χ4v) is 2.88. The van der Waals surface area contributed by atoms with Crippen molar-refractivity contribution in [2.75, 3.05) is 13.1 Å². The summed E-state index contributed by atoms with van der Waals surface area (Å²) in [5, 5.41) is 0. The molecule has 1 saturated carbocycles. The number of likely N-dealkylation sites (tertiary alicyclic amines) is 1. The number of nitrogens with zero attached hydrogens (tertiary/aromatic N) is 1. The molecule has 0 bridgehead atoms. The lowest BCUT2D eigenvalue weighted by molar-refractivity contribution is 0.148. The van der Waals surface area contributed by atoms with Gasteiger partial charge in [-0.25, -0.2) is 0 Å². The third kappa shape index (κ3) is 2.25. The van der Waals surface area contributed by atoms with E-state index in [0.717, 1.165) is 6.04 Å². The van der Waals surface area contributed by atoms with Crippen molar-refractivity contribution in [3.8, 4) is 0 Å². The number of hydrogen-bond acceptors (Lipinski definition) is 1. The Morgan fingerprint density at radius 1 is 1.23 bits per heavy atom. The first-order valence-corrected chi connectivity index (χ1v) is 5.76. The van der Waals surface area contributed by atoms with Crippen molar-refractivity contribution >= 4 is 0 Å². The molecule has 1 nitrogen and oxygen atoms in total. The van der Waals surface area contributed by atoms with Gasteiger partial charge in [-0.2, -0.15) is 0 Å². The Morgan fingerprint density at radius 3 is 2.54 bits per heavy atom. The maximum atomic E-state index is 2.72. The molecule has 1 aliphatic carbocycles. The first-order chi connectivity index (χ1) is 6.17. The second-order valence-corrected chi connectivity index (χ2v) is 5.37. The van der Waals surface area contributed by atoms with Crippen LogP contribution in [0.5, 0.6) is 0 Å². The van der Waals surface area contributed by atoms with Gasteiger partial charge in [0.25, 0.3) is 0 Å². The molecule has 2 aliphatic rings. The average molecular weight is 180 g/mol. The lowest BCUT2D eigenvalue weighted by atomic mass is 9.75. The van der Waals surface area contributed by atoms with Gasteiger partial charge in [-0.15, -0.1) is 0 Å². The minimum Gasteiger partial charge on any atom is -0.300 e. The van der Waals surface area contributed by atoms with Crippen LogP contribution in [0.25, 0.3) is 0 Å². The molecular formula is C12H22N. The van der Waals surface area contributed by atoms with Crippen LogP contribution < -0.4 is 0 Å². The molecular weight excluding hydrogens is 158 g/mol. The van der Waals surface area contributed by atoms with Crippen LogP contribution in [0.2, 0.25) is 0 Å². The van der Waals surface area contributed by atoms with Crippen LogP contribution in [-0.4, -0.2) is 24.0 Å². The van der Waals surface area contributed by atoms with Crippen molar-refractivity contribution in [1.82, 2.24) is 4.90 Å². The molecule has 1 radical (unpaired) electrons. The smallest absolute Gasteiger partial charge is 0.0100 e. The predicted molar refractivity (Wildman–Crippen MR) is 56.5 cm³/mol. The summed E-state index contributed by atoms with van der Waals surface area (Å²) in [6.45, 7) is 7.49. The van der Waals surface area contributed by atoms with Crippen molar-refractivity contribution in [3.05, 3.63) is 6.42 Å². The molecule has 1 heterocycles. The van der Waals surface area contributed by atoms with Gasteiger partial charge in [-0.1, -0.05) is 13.8 Å². The minimum atomic E-state index is 0.492. The monoisotopic (exact) mass is 180 g/mol. The topological polar surface area (TPSA) is 3.24 Å². The van der Waals surface area contributed by atoms with Gasteiger partial charge in [0.1, 0.15) is 0 Å². The third-order valence-corrected chi connectivity index (χ3v) is 3.62. The van der Waals surface area contributed by atoms with Crippen molar-refractivity contribution in [1.29, 1.82) is 0 Å². The molecule has 2 fully saturated rings. The van der Waals surface area contributed by atoms with Crippen LogP contribution in [0.1, 0.15) is 46.0 Å². The Labute approximate surface area is 82.5 Å². The normalized spacial score (nSPS) is 35.1. The fourth-order valence-electron chi connectivity index (χ4n) is 2.88. The Kier molecular flexibility index (Phi) is 2.64. The van der Waals surface area contributed by atoms with E-state index < -0.39 is 0 Å². The molecule has 1 unspecified atom stereocenters. The van der Waals surface area contributed by atoms with E-state index in [0.29, 0.717) is 5.41 Å². The van der Waals surface area contributed by atoms with E-state index in [2.05, 4.69) is 25.2 Å². The molecule has 13 heavy (non-hydrogen) atoms. The summed E-state index contributed by atoms with van der Waals surface area (Å²) in [6, 6.07) is 0.891. The van der Waals surface area contributed by atoms with E-state index in [-0.39, 0.29) is 0 Å². The van der Waals surface area contributed by atoms with Crippen molar-refractivity contribution < 1.29 is 0 Å². The Morgan fingerprint density at radius 2 is 1.92 bits per heavy atom. The lowest BCUT2D eigenvalue weighted by Gasteiger charge is -2.39. The summed E-state index contributed by atoms with van der Waals surface area (Å²) >= 11 is 0. The van der Waals surface area contributed by atoms with Gasteiger partial charge >= 0.3 is 0 Å². The second kappa shape index (κ2) is 3.61. The molecule has 1 heteroatoms. The molecule has 0 amide bonds. The van der Waals surface area contributed by atoms with Crippen molar-refractivity contribution in [3.63, 3.8) is 0 Å². The van der Waals surface area contributed by atoms with Gasteiger partial charge in [-0.3, -0.25) is 0 Å². The molecule has 0 aromatic rings. The van der Waals surface area contributed by atoms with Crippen LogP contribution in [0.15, 0.2) is 0 Å². The summed E-state index contributed by atoms with van der Waals surface area (Å²) in [6.07, 6.45) is 9.49. The van der Waals surface area contributed by atoms with Gasteiger partial charge in [0, 0.05) is 6.04 Å². The summed E-state index contributed by atoms with van der Waals surface area (Å²) in [5.74, 6) is 0. The van der Waals surface area contributed by atoms with Crippen LogP contribution >= 0.6 is 0 Å². The molecule has 2 rings (SSSR count). The van der Waals surface area contributed by atoms with E-state index in [1.807, 2.05) is 0 Å². The highest BCUT2D eigenvalue weighted by Crippen LogP contribution is 2.37. The maximum absolute atomic E-state index is 2.72. The maximum Gasteiger partial charge on any atom is 0.0100 e. The second-order valence-electron chi connectivity index (χ2n) is 5.37. The standard InChI is InChI=1S/C12H22N/c1-12(2)7-5-6-11(10-12)13-8-3-4-9-13/h7,11H,3-6,8-10H2,1-2H3. The van der Waals surface area contributed by atoms with E-state index in [1.54, 1.807) is 0 Å². The minimum absolute atomic E-state index is 0.492. The fraction of sp³-hybridized carbons (Fsp3) is 0.917. The molecule has 1 saturated heterocycles. The van der Waals surface area contributed by atoms with Crippen LogP contribution in [0, 0.1) is 11.8 Å². The van der Waals surface area contributed by atoms with Gasteiger partial charge in [0.15, 0.2) is 0 Å². The average Bonchev–Trinajstić information content (AvgIpc) is 2.53. The molecule has 0 aromatic carbocycles. The molecule has 0 aromatic heterocycles. The summed E-state index contributed by atoms with van der Waals surface area (Å²) in [7, 11) is 0. The van der Waals surface area contributed by atoms with E-state index >= 15 is 0 Å². The van der Waals surface area contributed by atoms with Crippen molar-refractivity contribution in [2.45, 2.75) is 52.0 Å². The zero-order chi connectivity index (χ0) is 9.31. The van der Waals surface area contributed by atoms with Gasteiger partial charge in [-0.05, 0) is 57.0 Å². The third-order valence-electron chi connectivity index (χ3n) is 3.62. The first kappa shape index (κ1) is 9.51. The zero-order valence-corrected chi connectivity index (χ0v) is 9.05. The van der Waals surface area contributed by atoms with E-state index in [1.165, 1.54) is 45.2 Å². The summed E-state index contributed by atoms with van der Waals surface area (Å²) < 4.78 is 0. The first-order valence-electron chi connectivity index (χ1n) is 5.76. The van der Waals surface area contributed by atoms with E-state index in [4.69, 9.17) is 0 Å². The van der Waals surface area contributed by atoms with Gasteiger partial charge in [0.05, 0.1) is 0 Å². The number of rotatable bonds is 1. The summed E-state index contributed by atoms with van der Waals surface area (Å²) in [5.41, 5.74) is 0.492. The predicted octanol–water partition coefficient (Wildman–Crippen LogP) is 2.87. The lowest BCUT2D eigenvalue weighted by Crippen LogP contribution is -2.39. The van der Waals surface area contributed by atoms with Gasteiger partial charge in [0.2, 0.25) is 0 Å². The Bertz CT molecular complexity index is 168. The van der Waals surface area contributed by atoms with Crippen LogP contribution in [0.4, 0.5) is 0 Å². The molecule has 75 valence electrons. The molecule has 0 N–H and O–H groups in total. The Hall–Kier alpha value is -0.0400. The summed E-state index contributed by atoms with van der Waals surface area (Å²) in [4.78, 5) is 2.72. The molecule has 0 spiro atoms. The molecule has 1 atom stereocenters. The highest BCUT2D eigenvalue weighted by Gasteiger charge is 2.32.